The van der Waals surface area contributed by atoms with Crippen LogP contribution >= 0.6 is 23.2 Å². The summed E-state index contributed by atoms with van der Waals surface area (Å²) in [5.74, 6) is -0.169. The van der Waals surface area contributed by atoms with Crippen molar-refractivity contribution in [3.63, 3.8) is 0 Å². The van der Waals surface area contributed by atoms with Gasteiger partial charge in [-0.25, -0.2) is 0 Å². The number of ether oxygens (including phenoxy) is 1. The van der Waals surface area contributed by atoms with E-state index in [2.05, 4.69) is 10.6 Å². The zero-order valence-electron chi connectivity index (χ0n) is 14.6. The van der Waals surface area contributed by atoms with Gasteiger partial charge in [0.05, 0.1) is 5.02 Å². The van der Waals surface area contributed by atoms with Crippen LogP contribution in [0.15, 0.2) is 72.8 Å². The number of carbonyl (C=O) groups is 2. The Morgan fingerprint density at radius 1 is 0.821 bits per heavy atom. The average Bonchev–Trinajstić information content (AvgIpc) is 2.69. The highest BCUT2D eigenvalue weighted by molar-refractivity contribution is 6.35. The summed E-state index contributed by atoms with van der Waals surface area (Å²) in [5, 5.41) is 6.32. The normalized spacial score (nSPS) is 10.2. The minimum absolute atomic E-state index is 0.201. The van der Waals surface area contributed by atoms with Gasteiger partial charge in [-0.05, 0) is 54.6 Å². The molecule has 7 heteroatoms. The fraction of sp³-hybridized carbons (Fsp3) is 0.0476. The summed E-state index contributed by atoms with van der Waals surface area (Å²) in [4.78, 5) is 24.2. The maximum Gasteiger partial charge on any atom is 0.262 e. The van der Waals surface area contributed by atoms with Crippen LogP contribution in [0.5, 0.6) is 5.75 Å². The quantitative estimate of drug-likeness (QED) is 0.577. The SMILES string of the molecule is O=C(COc1ccc(Cl)cc1Cl)Nc1ccc(NC(=O)c2ccccc2)cc1. The molecule has 142 valence electrons. The van der Waals surface area contributed by atoms with Crippen molar-refractivity contribution in [3.8, 4) is 5.75 Å². The van der Waals surface area contributed by atoms with E-state index >= 15 is 0 Å². The number of hydrogen-bond donors (Lipinski definition) is 2. The molecule has 0 unspecified atom stereocenters. The number of rotatable bonds is 6. The number of amides is 2. The molecular formula is C21H16Cl2N2O3. The van der Waals surface area contributed by atoms with E-state index in [0.29, 0.717) is 32.7 Å². The van der Waals surface area contributed by atoms with Crippen LogP contribution in [-0.4, -0.2) is 18.4 Å². The predicted molar refractivity (Wildman–Crippen MR) is 111 cm³/mol. The first-order valence-corrected chi connectivity index (χ1v) is 9.11. The molecule has 0 saturated carbocycles. The molecule has 0 aliphatic carbocycles. The molecule has 0 bridgehead atoms. The molecule has 0 heterocycles. The number of halogens is 2. The summed E-state index contributed by atoms with van der Waals surface area (Å²) in [6, 6.07) is 20.5. The molecule has 3 aromatic carbocycles. The van der Waals surface area contributed by atoms with Gasteiger partial charge in [-0.3, -0.25) is 9.59 Å². The van der Waals surface area contributed by atoms with E-state index in [1.54, 1.807) is 66.7 Å². The largest absolute Gasteiger partial charge is 0.482 e. The molecule has 0 fully saturated rings. The van der Waals surface area contributed by atoms with Crippen LogP contribution in [0, 0.1) is 0 Å². The second kappa shape index (κ2) is 9.26. The average molecular weight is 415 g/mol. The molecule has 0 saturated heterocycles. The van der Waals surface area contributed by atoms with Crippen LogP contribution in [-0.2, 0) is 4.79 Å². The maximum atomic E-state index is 12.1. The minimum Gasteiger partial charge on any atom is -0.482 e. The van der Waals surface area contributed by atoms with E-state index in [1.807, 2.05) is 6.07 Å². The van der Waals surface area contributed by atoms with Crippen molar-refractivity contribution in [1.29, 1.82) is 0 Å². The van der Waals surface area contributed by atoms with E-state index in [1.165, 1.54) is 0 Å². The van der Waals surface area contributed by atoms with Gasteiger partial charge >= 0.3 is 0 Å². The fourth-order valence-electron chi connectivity index (χ4n) is 2.36. The highest BCUT2D eigenvalue weighted by Gasteiger charge is 2.08. The molecule has 2 amide bonds. The molecule has 5 nitrogen and oxygen atoms in total. The lowest BCUT2D eigenvalue weighted by molar-refractivity contribution is -0.118. The lowest BCUT2D eigenvalue weighted by Gasteiger charge is -2.10. The van der Waals surface area contributed by atoms with Gasteiger partial charge in [0.2, 0.25) is 0 Å². The first-order chi connectivity index (χ1) is 13.5. The Balaban J connectivity index is 1.52. The minimum atomic E-state index is -0.341. The summed E-state index contributed by atoms with van der Waals surface area (Å²) >= 11 is 11.8. The van der Waals surface area contributed by atoms with E-state index in [0.717, 1.165) is 0 Å². The molecule has 0 atom stereocenters. The molecule has 3 rings (SSSR count). The van der Waals surface area contributed by atoms with E-state index in [-0.39, 0.29) is 18.4 Å². The van der Waals surface area contributed by atoms with Crippen molar-refractivity contribution < 1.29 is 14.3 Å². The highest BCUT2D eigenvalue weighted by Crippen LogP contribution is 2.27. The van der Waals surface area contributed by atoms with Gasteiger partial charge < -0.3 is 15.4 Å². The summed E-state index contributed by atoms with van der Waals surface area (Å²) in [6.07, 6.45) is 0. The van der Waals surface area contributed by atoms with E-state index in [4.69, 9.17) is 27.9 Å². The summed E-state index contributed by atoms with van der Waals surface area (Å²) in [7, 11) is 0. The Bertz CT molecular complexity index is 977. The van der Waals surface area contributed by atoms with Crippen molar-refractivity contribution in [2.24, 2.45) is 0 Å². The van der Waals surface area contributed by atoms with Crippen LogP contribution in [0.1, 0.15) is 10.4 Å². The van der Waals surface area contributed by atoms with Crippen LogP contribution in [0.2, 0.25) is 10.0 Å². The maximum absolute atomic E-state index is 12.1. The third-order valence-corrected chi connectivity index (χ3v) is 4.25. The Morgan fingerprint density at radius 3 is 2.11 bits per heavy atom. The van der Waals surface area contributed by atoms with Gasteiger partial charge in [0.15, 0.2) is 6.61 Å². The third-order valence-electron chi connectivity index (χ3n) is 3.72. The van der Waals surface area contributed by atoms with Crippen LogP contribution in [0.3, 0.4) is 0 Å². The number of benzene rings is 3. The summed E-state index contributed by atoms with van der Waals surface area (Å²) in [6.45, 7) is -0.201. The van der Waals surface area contributed by atoms with Crippen molar-refractivity contribution in [2.75, 3.05) is 17.2 Å². The molecule has 0 aromatic heterocycles. The topological polar surface area (TPSA) is 67.4 Å². The summed E-state index contributed by atoms with van der Waals surface area (Å²) < 4.78 is 5.39. The van der Waals surface area contributed by atoms with E-state index < -0.39 is 0 Å². The first-order valence-electron chi connectivity index (χ1n) is 8.35. The molecule has 0 radical (unpaired) electrons. The smallest absolute Gasteiger partial charge is 0.262 e. The zero-order valence-corrected chi connectivity index (χ0v) is 16.1. The number of carbonyl (C=O) groups excluding carboxylic acids is 2. The number of anilines is 2. The lowest BCUT2D eigenvalue weighted by atomic mass is 10.2. The number of nitrogens with one attached hydrogen (secondary N) is 2. The van der Waals surface area contributed by atoms with Gasteiger partial charge in [-0.2, -0.15) is 0 Å². The Kier molecular flexibility index (Phi) is 6.53. The lowest BCUT2D eigenvalue weighted by Crippen LogP contribution is -2.20. The van der Waals surface area contributed by atoms with Crippen molar-refractivity contribution >= 4 is 46.4 Å². The van der Waals surface area contributed by atoms with Gasteiger partial charge in [0.25, 0.3) is 11.8 Å². The summed E-state index contributed by atoms with van der Waals surface area (Å²) in [5.41, 5.74) is 1.77. The monoisotopic (exact) mass is 414 g/mol. The van der Waals surface area contributed by atoms with Crippen molar-refractivity contribution in [3.05, 3.63) is 88.4 Å². The third kappa shape index (κ3) is 5.49. The van der Waals surface area contributed by atoms with E-state index in [9.17, 15) is 9.59 Å². The molecule has 28 heavy (non-hydrogen) atoms. The predicted octanol–water partition coefficient (Wildman–Crippen LogP) is 5.26. The first kappa shape index (κ1) is 19.7. The van der Waals surface area contributed by atoms with Gasteiger partial charge in [0.1, 0.15) is 5.75 Å². The van der Waals surface area contributed by atoms with Crippen molar-refractivity contribution in [1.82, 2.24) is 0 Å². The molecule has 0 aliphatic heterocycles. The second-order valence-electron chi connectivity index (χ2n) is 5.81. The molecule has 2 N–H and O–H groups in total. The standard InChI is InChI=1S/C21H16Cl2N2O3/c22-15-6-11-19(18(23)12-15)28-13-20(26)24-16-7-9-17(10-8-16)25-21(27)14-4-2-1-3-5-14/h1-12H,13H2,(H,24,26)(H,25,27). The Hall–Kier alpha value is -3.02. The Labute approximate surface area is 172 Å². The molecule has 0 spiro atoms. The fourth-order valence-corrected chi connectivity index (χ4v) is 2.83. The van der Waals surface area contributed by atoms with Crippen molar-refractivity contribution in [2.45, 2.75) is 0 Å². The Morgan fingerprint density at radius 2 is 1.46 bits per heavy atom. The molecule has 0 aliphatic rings. The van der Waals surface area contributed by atoms with Crippen LogP contribution < -0.4 is 15.4 Å². The second-order valence-corrected chi connectivity index (χ2v) is 6.65. The molecule has 3 aromatic rings. The van der Waals surface area contributed by atoms with Crippen LogP contribution in [0.4, 0.5) is 11.4 Å². The zero-order chi connectivity index (χ0) is 19.9. The number of hydrogen-bond acceptors (Lipinski definition) is 3. The molecular weight excluding hydrogens is 399 g/mol. The van der Waals surface area contributed by atoms with Crippen LogP contribution in [0.25, 0.3) is 0 Å². The van der Waals surface area contributed by atoms with Gasteiger partial charge in [-0.1, -0.05) is 41.4 Å². The van der Waals surface area contributed by atoms with Gasteiger partial charge in [-0.15, -0.1) is 0 Å². The van der Waals surface area contributed by atoms with Gasteiger partial charge in [0, 0.05) is 22.0 Å². The highest BCUT2D eigenvalue weighted by atomic mass is 35.5.